The van der Waals surface area contributed by atoms with Gasteiger partial charge in [0.05, 0.1) is 11.1 Å². The van der Waals surface area contributed by atoms with Gasteiger partial charge in [-0.05, 0) is 34.1 Å². The molecule has 0 aliphatic carbocycles. The summed E-state index contributed by atoms with van der Waals surface area (Å²) in [6.45, 7) is 4.99. The predicted molar refractivity (Wildman–Crippen MR) is 74.0 cm³/mol. The number of hydrogen-bond donors (Lipinski definition) is 1. The van der Waals surface area contributed by atoms with Gasteiger partial charge < -0.3 is 14.8 Å². The van der Waals surface area contributed by atoms with Gasteiger partial charge in [-0.15, -0.1) is 0 Å². The highest BCUT2D eigenvalue weighted by molar-refractivity contribution is 9.10. The Kier molecular flexibility index (Phi) is 6.46. The van der Waals surface area contributed by atoms with Crippen molar-refractivity contribution in [2.45, 2.75) is 0 Å². The SMILES string of the molecule is C=CCOc1ccc(C(=O)NCCOC)cc1Br. The third kappa shape index (κ3) is 4.50. The van der Waals surface area contributed by atoms with E-state index in [1.807, 2.05) is 0 Å². The van der Waals surface area contributed by atoms with Gasteiger partial charge in [-0.25, -0.2) is 0 Å². The fourth-order valence-corrected chi connectivity index (χ4v) is 1.77. The third-order valence-corrected chi connectivity index (χ3v) is 2.76. The van der Waals surface area contributed by atoms with E-state index in [4.69, 9.17) is 9.47 Å². The van der Waals surface area contributed by atoms with Crippen LogP contribution in [0.3, 0.4) is 0 Å². The second kappa shape index (κ2) is 7.89. The Morgan fingerprint density at radius 3 is 2.94 bits per heavy atom. The van der Waals surface area contributed by atoms with E-state index >= 15 is 0 Å². The zero-order valence-corrected chi connectivity index (χ0v) is 11.8. The summed E-state index contributed by atoms with van der Waals surface area (Å²) in [4.78, 5) is 11.8. The summed E-state index contributed by atoms with van der Waals surface area (Å²) in [6.07, 6.45) is 1.66. The van der Waals surface area contributed by atoms with Crippen LogP contribution < -0.4 is 10.1 Å². The van der Waals surface area contributed by atoms with Crippen LogP contribution in [0.2, 0.25) is 0 Å². The van der Waals surface area contributed by atoms with Gasteiger partial charge in [0.25, 0.3) is 5.91 Å². The number of nitrogens with one attached hydrogen (secondary N) is 1. The van der Waals surface area contributed by atoms with E-state index < -0.39 is 0 Å². The molecule has 98 valence electrons. The van der Waals surface area contributed by atoms with Crippen LogP contribution >= 0.6 is 15.9 Å². The molecule has 0 aromatic heterocycles. The number of amides is 1. The van der Waals surface area contributed by atoms with E-state index in [0.717, 1.165) is 4.47 Å². The van der Waals surface area contributed by atoms with Crippen molar-refractivity contribution in [3.8, 4) is 5.75 Å². The smallest absolute Gasteiger partial charge is 0.251 e. The molecule has 0 saturated carbocycles. The molecule has 0 radical (unpaired) electrons. The molecule has 1 aromatic carbocycles. The first kappa shape index (κ1) is 14.7. The van der Waals surface area contributed by atoms with Crippen LogP contribution in [0.1, 0.15) is 10.4 Å². The van der Waals surface area contributed by atoms with Gasteiger partial charge in [0.15, 0.2) is 0 Å². The lowest BCUT2D eigenvalue weighted by Gasteiger charge is -2.08. The molecule has 4 nitrogen and oxygen atoms in total. The number of carbonyl (C=O) groups is 1. The van der Waals surface area contributed by atoms with Crippen LogP contribution in [-0.2, 0) is 4.74 Å². The molecule has 0 aliphatic heterocycles. The molecule has 18 heavy (non-hydrogen) atoms. The number of carbonyl (C=O) groups excluding carboxylic acids is 1. The van der Waals surface area contributed by atoms with Crippen molar-refractivity contribution in [2.24, 2.45) is 0 Å². The van der Waals surface area contributed by atoms with Crippen molar-refractivity contribution in [1.82, 2.24) is 5.32 Å². The quantitative estimate of drug-likeness (QED) is 0.621. The van der Waals surface area contributed by atoms with Crippen LogP contribution in [0.4, 0.5) is 0 Å². The second-order valence-electron chi connectivity index (χ2n) is 3.49. The van der Waals surface area contributed by atoms with E-state index in [0.29, 0.717) is 31.1 Å². The topological polar surface area (TPSA) is 47.6 Å². The summed E-state index contributed by atoms with van der Waals surface area (Å²) in [7, 11) is 1.59. The van der Waals surface area contributed by atoms with Crippen molar-refractivity contribution in [3.05, 3.63) is 40.9 Å². The number of rotatable bonds is 7. The first-order chi connectivity index (χ1) is 8.69. The van der Waals surface area contributed by atoms with Crippen LogP contribution in [0.15, 0.2) is 35.3 Å². The summed E-state index contributed by atoms with van der Waals surface area (Å²) in [6, 6.07) is 5.19. The monoisotopic (exact) mass is 313 g/mol. The number of benzene rings is 1. The molecule has 0 atom stereocenters. The molecule has 0 spiro atoms. The number of halogens is 1. The van der Waals surface area contributed by atoms with Gasteiger partial charge in [-0.2, -0.15) is 0 Å². The fourth-order valence-electron chi connectivity index (χ4n) is 1.28. The molecule has 0 fully saturated rings. The Hall–Kier alpha value is -1.33. The lowest BCUT2D eigenvalue weighted by Crippen LogP contribution is -2.26. The maximum absolute atomic E-state index is 11.8. The van der Waals surface area contributed by atoms with E-state index in [-0.39, 0.29) is 5.91 Å². The molecule has 0 aliphatic rings. The molecule has 0 unspecified atom stereocenters. The van der Waals surface area contributed by atoms with Crippen LogP contribution in [-0.4, -0.2) is 32.8 Å². The van der Waals surface area contributed by atoms with Crippen molar-refractivity contribution in [2.75, 3.05) is 26.9 Å². The third-order valence-electron chi connectivity index (χ3n) is 2.14. The van der Waals surface area contributed by atoms with Gasteiger partial charge in [0.1, 0.15) is 12.4 Å². The molecule has 0 bridgehead atoms. The average Bonchev–Trinajstić information content (AvgIpc) is 2.37. The summed E-state index contributed by atoms with van der Waals surface area (Å²) < 4.78 is 11.0. The average molecular weight is 314 g/mol. The maximum Gasteiger partial charge on any atom is 0.251 e. The molecule has 1 amide bonds. The number of methoxy groups -OCH3 is 1. The molecular weight excluding hydrogens is 298 g/mol. The van der Waals surface area contributed by atoms with Crippen LogP contribution in [0.5, 0.6) is 5.75 Å². The lowest BCUT2D eigenvalue weighted by atomic mass is 10.2. The van der Waals surface area contributed by atoms with Crippen molar-refractivity contribution in [1.29, 1.82) is 0 Å². The molecule has 0 saturated heterocycles. The van der Waals surface area contributed by atoms with E-state index in [2.05, 4.69) is 27.8 Å². The Bertz CT molecular complexity index is 421. The van der Waals surface area contributed by atoms with Crippen molar-refractivity contribution >= 4 is 21.8 Å². The molecule has 1 aromatic rings. The first-order valence-electron chi connectivity index (χ1n) is 5.49. The predicted octanol–water partition coefficient (Wildman–Crippen LogP) is 2.39. The normalized spacial score (nSPS) is 9.89. The summed E-state index contributed by atoms with van der Waals surface area (Å²) in [5.74, 6) is 0.548. The highest BCUT2D eigenvalue weighted by Gasteiger charge is 2.08. The van der Waals surface area contributed by atoms with Gasteiger partial charge >= 0.3 is 0 Å². The van der Waals surface area contributed by atoms with Crippen molar-refractivity contribution < 1.29 is 14.3 Å². The summed E-state index contributed by atoms with van der Waals surface area (Å²) >= 11 is 3.36. The van der Waals surface area contributed by atoms with Crippen LogP contribution in [0, 0.1) is 0 Å². The zero-order valence-electron chi connectivity index (χ0n) is 10.2. The lowest BCUT2D eigenvalue weighted by molar-refractivity contribution is 0.0937. The minimum absolute atomic E-state index is 0.136. The van der Waals surface area contributed by atoms with Crippen LogP contribution in [0.25, 0.3) is 0 Å². The largest absolute Gasteiger partial charge is 0.488 e. The Balaban J connectivity index is 2.65. The highest BCUT2D eigenvalue weighted by atomic mass is 79.9. The minimum Gasteiger partial charge on any atom is -0.488 e. The molecular formula is C13H16BrNO3. The van der Waals surface area contributed by atoms with E-state index in [9.17, 15) is 4.79 Å². The molecule has 1 N–H and O–H groups in total. The Labute approximate surface area is 115 Å². The highest BCUT2D eigenvalue weighted by Crippen LogP contribution is 2.25. The van der Waals surface area contributed by atoms with E-state index in [1.54, 1.807) is 31.4 Å². The first-order valence-corrected chi connectivity index (χ1v) is 6.28. The fraction of sp³-hybridized carbons (Fsp3) is 0.308. The molecule has 1 rings (SSSR count). The minimum atomic E-state index is -0.136. The van der Waals surface area contributed by atoms with Gasteiger partial charge in [0, 0.05) is 19.2 Å². The summed E-state index contributed by atoms with van der Waals surface area (Å²) in [5, 5.41) is 2.75. The second-order valence-corrected chi connectivity index (χ2v) is 4.35. The Morgan fingerprint density at radius 2 is 2.33 bits per heavy atom. The number of ether oxygens (including phenoxy) is 2. The molecule has 0 heterocycles. The van der Waals surface area contributed by atoms with E-state index in [1.165, 1.54) is 0 Å². The van der Waals surface area contributed by atoms with Gasteiger partial charge in [-0.1, -0.05) is 12.7 Å². The van der Waals surface area contributed by atoms with Crippen molar-refractivity contribution in [3.63, 3.8) is 0 Å². The molecule has 5 heteroatoms. The maximum atomic E-state index is 11.8. The summed E-state index contributed by atoms with van der Waals surface area (Å²) in [5.41, 5.74) is 0.573. The van der Waals surface area contributed by atoms with Gasteiger partial charge in [-0.3, -0.25) is 4.79 Å². The number of hydrogen-bond acceptors (Lipinski definition) is 3. The zero-order chi connectivity index (χ0) is 13.4. The van der Waals surface area contributed by atoms with Gasteiger partial charge in [0.2, 0.25) is 0 Å². The Morgan fingerprint density at radius 1 is 1.56 bits per heavy atom. The standard InChI is InChI=1S/C13H16BrNO3/c1-3-7-18-12-5-4-10(9-11(12)14)13(16)15-6-8-17-2/h3-5,9H,1,6-8H2,2H3,(H,15,16).